The Hall–Kier alpha value is -2.10. The molecule has 1 heterocycles. The van der Waals surface area contributed by atoms with Crippen LogP contribution in [0.3, 0.4) is 0 Å². The summed E-state index contributed by atoms with van der Waals surface area (Å²) >= 11 is 5.78. The molecule has 0 spiro atoms. The highest BCUT2D eigenvalue weighted by molar-refractivity contribution is 7.89. The van der Waals surface area contributed by atoms with Crippen molar-refractivity contribution in [1.82, 2.24) is 4.31 Å². The number of rotatable bonds is 4. The molecule has 1 saturated heterocycles. The number of carbonyl (C=O) groups is 1. The molecule has 0 atom stereocenters. The van der Waals surface area contributed by atoms with Gasteiger partial charge in [-0.2, -0.15) is 17.5 Å². The van der Waals surface area contributed by atoms with Gasteiger partial charge in [-0.15, -0.1) is 0 Å². The van der Waals surface area contributed by atoms with E-state index in [1.807, 2.05) is 0 Å². The largest absolute Gasteiger partial charge is 0.426 e. The van der Waals surface area contributed by atoms with Gasteiger partial charge in [0.1, 0.15) is 5.75 Å². The summed E-state index contributed by atoms with van der Waals surface area (Å²) in [6, 6.07) is 9.88. The minimum Gasteiger partial charge on any atom is -0.426 e. The third-order valence-corrected chi connectivity index (χ3v) is 6.77. The third kappa shape index (κ3) is 5.09. The first-order chi connectivity index (χ1) is 13.6. The van der Waals surface area contributed by atoms with Crippen LogP contribution < -0.4 is 4.74 Å². The van der Waals surface area contributed by atoms with Gasteiger partial charge in [-0.25, -0.2) is 8.42 Å². The Morgan fingerprint density at radius 2 is 1.69 bits per heavy atom. The predicted molar refractivity (Wildman–Crippen MR) is 100 cm³/mol. The van der Waals surface area contributed by atoms with Crippen molar-refractivity contribution in [3.8, 4) is 5.75 Å². The Kier molecular flexibility index (Phi) is 6.21. The van der Waals surface area contributed by atoms with E-state index in [4.69, 9.17) is 16.3 Å². The van der Waals surface area contributed by atoms with E-state index in [1.165, 1.54) is 0 Å². The van der Waals surface area contributed by atoms with Gasteiger partial charge in [-0.1, -0.05) is 17.7 Å². The van der Waals surface area contributed by atoms with Crippen molar-refractivity contribution >= 4 is 27.6 Å². The van der Waals surface area contributed by atoms with Crippen LogP contribution in [0.15, 0.2) is 53.4 Å². The molecule has 1 fully saturated rings. The molecule has 5 nitrogen and oxygen atoms in total. The molecule has 1 aliphatic rings. The molecule has 0 bridgehead atoms. The van der Waals surface area contributed by atoms with Crippen LogP contribution in [0.1, 0.15) is 18.4 Å². The fraction of sp³-hybridized carbons (Fsp3) is 0.316. The Balaban J connectivity index is 1.65. The zero-order valence-corrected chi connectivity index (χ0v) is 16.6. The average molecular weight is 448 g/mol. The number of alkyl halides is 3. The number of hydrogen-bond acceptors (Lipinski definition) is 4. The van der Waals surface area contributed by atoms with Crippen LogP contribution in [0.2, 0.25) is 5.02 Å². The van der Waals surface area contributed by atoms with Crippen LogP contribution in [0.5, 0.6) is 5.75 Å². The van der Waals surface area contributed by atoms with Gasteiger partial charge in [-0.05, 0) is 55.3 Å². The Bertz CT molecular complexity index is 985. The van der Waals surface area contributed by atoms with E-state index in [0.717, 1.165) is 22.5 Å². The van der Waals surface area contributed by atoms with Gasteiger partial charge < -0.3 is 4.74 Å². The lowest BCUT2D eigenvalue weighted by Crippen LogP contribution is -2.41. The molecule has 1 aliphatic heterocycles. The summed E-state index contributed by atoms with van der Waals surface area (Å²) in [7, 11) is -4.09. The molecule has 3 rings (SSSR count). The fourth-order valence-corrected chi connectivity index (χ4v) is 4.66. The summed E-state index contributed by atoms with van der Waals surface area (Å²) in [5, 5.41) is 0.498. The molecule has 0 saturated carbocycles. The summed E-state index contributed by atoms with van der Waals surface area (Å²) in [4.78, 5) is 11.9. The maximum Gasteiger partial charge on any atom is 0.416 e. The topological polar surface area (TPSA) is 63.7 Å². The number of halogens is 4. The Morgan fingerprint density at radius 1 is 1.07 bits per heavy atom. The van der Waals surface area contributed by atoms with E-state index in [9.17, 15) is 26.4 Å². The summed E-state index contributed by atoms with van der Waals surface area (Å²) in [5.74, 6) is -0.652. The Morgan fingerprint density at radius 3 is 2.28 bits per heavy atom. The van der Waals surface area contributed by atoms with Crippen molar-refractivity contribution in [3.05, 3.63) is 59.1 Å². The SMILES string of the molecule is O=C(Oc1ccc(Cl)cc1)C1CCN(S(=O)(=O)c2cccc(C(F)(F)F)c2)CC1. The molecule has 0 radical (unpaired) electrons. The van der Waals surface area contributed by atoms with Gasteiger partial charge in [-0.3, -0.25) is 4.79 Å². The molecule has 0 unspecified atom stereocenters. The highest BCUT2D eigenvalue weighted by Gasteiger charge is 2.35. The lowest BCUT2D eigenvalue weighted by atomic mass is 9.98. The second-order valence-electron chi connectivity index (χ2n) is 6.58. The summed E-state index contributed by atoms with van der Waals surface area (Å²) in [5.41, 5.74) is -1.03. The van der Waals surface area contributed by atoms with Crippen molar-refractivity contribution in [2.75, 3.05) is 13.1 Å². The smallest absolute Gasteiger partial charge is 0.416 e. The van der Waals surface area contributed by atoms with E-state index >= 15 is 0 Å². The van der Waals surface area contributed by atoms with Gasteiger partial charge >= 0.3 is 12.1 Å². The predicted octanol–water partition coefficient (Wildman–Crippen LogP) is 4.37. The molecule has 2 aromatic rings. The van der Waals surface area contributed by atoms with Gasteiger partial charge in [0.25, 0.3) is 0 Å². The standard InChI is InChI=1S/C19H17ClF3NO4S/c20-15-4-6-16(7-5-15)28-18(25)13-8-10-24(11-9-13)29(26,27)17-3-1-2-14(12-17)19(21,22)23/h1-7,12-13H,8-11H2. The first-order valence-corrected chi connectivity index (χ1v) is 10.5. The number of sulfonamides is 1. The highest BCUT2D eigenvalue weighted by Crippen LogP contribution is 2.32. The van der Waals surface area contributed by atoms with Gasteiger partial charge in [0.2, 0.25) is 10.0 Å². The average Bonchev–Trinajstić information content (AvgIpc) is 2.69. The minimum atomic E-state index is -4.63. The fourth-order valence-electron chi connectivity index (χ4n) is 3.02. The quantitative estimate of drug-likeness (QED) is 0.516. The van der Waals surface area contributed by atoms with Crippen LogP contribution in [-0.2, 0) is 21.0 Å². The molecular formula is C19H17ClF3NO4S. The number of hydrogen-bond donors (Lipinski definition) is 0. The molecule has 0 amide bonds. The second-order valence-corrected chi connectivity index (χ2v) is 8.95. The van der Waals surface area contributed by atoms with Crippen molar-refractivity contribution < 1.29 is 31.1 Å². The summed E-state index contributed by atoms with van der Waals surface area (Å²) < 4.78 is 70.4. The number of carbonyl (C=O) groups excluding carboxylic acids is 1. The number of benzene rings is 2. The number of ether oxygens (including phenoxy) is 1. The van der Waals surface area contributed by atoms with Gasteiger partial charge in [0.05, 0.1) is 16.4 Å². The third-order valence-electron chi connectivity index (χ3n) is 4.62. The van der Waals surface area contributed by atoms with E-state index in [0.29, 0.717) is 16.8 Å². The Labute approximate surface area is 171 Å². The zero-order valence-electron chi connectivity index (χ0n) is 15.0. The monoisotopic (exact) mass is 447 g/mol. The van der Waals surface area contributed by atoms with Crippen molar-refractivity contribution in [1.29, 1.82) is 0 Å². The first-order valence-electron chi connectivity index (χ1n) is 8.72. The van der Waals surface area contributed by atoms with Gasteiger partial charge in [0, 0.05) is 18.1 Å². The van der Waals surface area contributed by atoms with E-state index in [2.05, 4.69) is 0 Å². The maximum atomic E-state index is 12.9. The van der Waals surface area contributed by atoms with Crippen LogP contribution in [-0.4, -0.2) is 31.8 Å². The molecular weight excluding hydrogens is 431 g/mol. The zero-order chi connectivity index (χ0) is 21.2. The highest BCUT2D eigenvalue weighted by atomic mass is 35.5. The van der Waals surface area contributed by atoms with Gasteiger partial charge in [0.15, 0.2) is 0 Å². The molecule has 2 aromatic carbocycles. The second kappa shape index (κ2) is 8.33. The summed E-state index contributed by atoms with van der Waals surface area (Å²) in [6.45, 7) is 0.0257. The number of piperidine rings is 1. The van der Waals surface area contributed by atoms with Crippen LogP contribution in [0, 0.1) is 5.92 Å². The molecule has 156 valence electrons. The molecule has 10 heteroatoms. The lowest BCUT2D eigenvalue weighted by molar-refractivity contribution is -0.140. The number of nitrogens with zero attached hydrogens (tertiary/aromatic N) is 1. The van der Waals surface area contributed by atoms with Crippen molar-refractivity contribution in [2.45, 2.75) is 23.9 Å². The van der Waals surface area contributed by atoms with Crippen molar-refractivity contribution in [3.63, 3.8) is 0 Å². The van der Waals surface area contributed by atoms with Crippen LogP contribution in [0.4, 0.5) is 13.2 Å². The maximum absolute atomic E-state index is 12.9. The van der Waals surface area contributed by atoms with E-state index in [-0.39, 0.29) is 25.9 Å². The number of esters is 1. The summed E-state index contributed by atoms with van der Waals surface area (Å²) in [6.07, 6.45) is -4.21. The van der Waals surface area contributed by atoms with Crippen LogP contribution >= 0.6 is 11.6 Å². The first kappa shape index (κ1) is 21.6. The molecule has 0 aliphatic carbocycles. The van der Waals surface area contributed by atoms with E-state index in [1.54, 1.807) is 24.3 Å². The van der Waals surface area contributed by atoms with E-state index < -0.39 is 38.5 Å². The molecule has 0 aromatic heterocycles. The lowest BCUT2D eigenvalue weighted by Gasteiger charge is -2.30. The minimum absolute atomic E-state index is 0.0129. The molecule has 0 N–H and O–H groups in total. The van der Waals surface area contributed by atoms with Crippen LogP contribution in [0.25, 0.3) is 0 Å². The molecule has 29 heavy (non-hydrogen) atoms. The normalized spacial score (nSPS) is 16.6. The van der Waals surface area contributed by atoms with Crippen molar-refractivity contribution in [2.24, 2.45) is 5.92 Å².